The van der Waals surface area contributed by atoms with Crippen molar-refractivity contribution >= 4 is 43.6 Å². The lowest BCUT2D eigenvalue weighted by Crippen LogP contribution is -2.02. The predicted molar refractivity (Wildman–Crippen MR) is 182 cm³/mol. The molecule has 0 aliphatic heterocycles. The molecule has 0 atom stereocenters. The number of hydrogen-bond acceptors (Lipinski definition) is 2. The number of benzene rings is 6. The summed E-state index contributed by atoms with van der Waals surface area (Å²) in [5, 5.41) is 4.85. The molecule has 9 aromatic rings. The molecule has 0 fully saturated rings. The van der Waals surface area contributed by atoms with E-state index < -0.39 is 0 Å². The first-order valence-corrected chi connectivity index (χ1v) is 14.8. The van der Waals surface area contributed by atoms with Gasteiger partial charge >= 0.3 is 0 Å². The van der Waals surface area contributed by atoms with E-state index in [2.05, 4.69) is 149 Å². The van der Waals surface area contributed by atoms with Crippen LogP contribution in [0.4, 0.5) is 0 Å². The maximum Gasteiger partial charge on any atom is 0.235 e. The monoisotopic (exact) mass is 562 g/mol. The SMILES string of the molecule is c1ccc(-c2cccc(-c3ccnc(-n4c5ccccc5c5cc(-n6c7ccccc7c7ccccc76)ccc54)n3)c2)cc1. The maximum absolute atomic E-state index is 5.12. The van der Waals surface area contributed by atoms with Crippen molar-refractivity contribution in [3.8, 4) is 34.0 Å². The Morgan fingerprint density at radius 2 is 0.955 bits per heavy atom. The topological polar surface area (TPSA) is 35.6 Å². The summed E-state index contributed by atoms with van der Waals surface area (Å²) < 4.78 is 4.55. The molecular formula is C40H26N4. The first-order valence-electron chi connectivity index (χ1n) is 14.8. The lowest BCUT2D eigenvalue weighted by Gasteiger charge is -2.10. The lowest BCUT2D eigenvalue weighted by molar-refractivity contribution is 0.992. The summed E-state index contributed by atoms with van der Waals surface area (Å²) in [6, 6.07) is 53.5. The molecule has 0 saturated heterocycles. The summed E-state index contributed by atoms with van der Waals surface area (Å²) in [5.41, 5.74) is 9.98. The van der Waals surface area contributed by atoms with Gasteiger partial charge in [0.15, 0.2) is 0 Å². The zero-order valence-electron chi connectivity index (χ0n) is 23.8. The Kier molecular flexibility index (Phi) is 5.47. The Bertz CT molecular complexity index is 2450. The average molecular weight is 563 g/mol. The van der Waals surface area contributed by atoms with Crippen LogP contribution in [0, 0.1) is 0 Å². The first-order chi connectivity index (χ1) is 21.8. The average Bonchev–Trinajstić information content (AvgIpc) is 3.61. The lowest BCUT2D eigenvalue weighted by atomic mass is 10.0. The fraction of sp³-hybridized carbons (Fsp3) is 0. The number of para-hydroxylation sites is 3. The van der Waals surface area contributed by atoms with Crippen molar-refractivity contribution in [2.24, 2.45) is 0 Å². The van der Waals surface area contributed by atoms with Crippen molar-refractivity contribution in [2.45, 2.75) is 0 Å². The number of nitrogens with zero attached hydrogens (tertiary/aromatic N) is 4. The second kappa shape index (κ2) is 9.79. The Morgan fingerprint density at radius 3 is 1.68 bits per heavy atom. The van der Waals surface area contributed by atoms with Gasteiger partial charge in [0.1, 0.15) is 0 Å². The van der Waals surface area contributed by atoms with Crippen LogP contribution < -0.4 is 0 Å². The van der Waals surface area contributed by atoms with E-state index in [0.29, 0.717) is 5.95 Å². The van der Waals surface area contributed by atoms with E-state index in [9.17, 15) is 0 Å². The van der Waals surface area contributed by atoms with Crippen molar-refractivity contribution in [2.75, 3.05) is 0 Å². The molecule has 9 rings (SSSR count). The molecule has 0 radical (unpaired) electrons. The highest BCUT2D eigenvalue weighted by molar-refractivity contribution is 6.12. The molecule has 0 saturated carbocycles. The molecular weight excluding hydrogens is 536 g/mol. The molecule has 6 aromatic carbocycles. The van der Waals surface area contributed by atoms with Crippen LogP contribution in [0.2, 0.25) is 0 Å². The quantitative estimate of drug-likeness (QED) is 0.214. The molecule has 0 unspecified atom stereocenters. The number of aromatic nitrogens is 4. The van der Waals surface area contributed by atoms with Gasteiger partial charge in [0.25, 0.3) is 0 Å². The minimum Gasteiger partial charge on any atom is -0.309 e. The van der Waals surface area contributed by atoms with Crippen LogP contribution in [0.15, 0.2) is 158 Å². The second-order valence-electron chi connectivity index (χ2n) is 11.1. The van der Waals surface area contributed by atoms with E-state index in [4.69, 9.17) is 9.97 Å². The van der Waals surface area contributed by atoms with Crippen LogP contribution in [0.3, 0.4) is 0 Å². The highest BCUT2D eigenvalue weighted by Gasteiger charge is 2.17. The summed E-state index contributed by atoms with van der Waals surface area (Å²) in [4.78, 5) is 9.91. The second-order valence-corrected chi connectivity index (χ2v) is 11.1. The summed E-state index contributed by atoms with van der Waals surface area (Å²) in [6.07, 6.45) is 1.86. The first kappa shape index (κ1) is 24.6. The standard InChI is InChI=1S/C40H26N4/c1-2-11-27(12-3-1)28-13-10-14-29(25-28)35-23-24-41-40(42-35)44-38-20-9-6-17-33(38)34-26-30(21-22-39(34)44)43-36-18-7-4-15-31(36)32-16-5-8-19-37(32)43/h1-26H. The van der Waals surface area contributed by atoms with Gasteiger partial charge in [0, 0.05) is 39.0 Å². The van der Waals surface area contributed by atoms with Crippen molar-refractivity contribution in [1.29, 1.82) is 0 Å². The molecule has 0 aliphatic carbocycles. The third kappa shape index (κ3) is 3.78. The number of fused-ring (bicyclic) bond motifs is 6. The van der Waals surface area contributed by atoms with Gasteiger partial charge < -0.3 is 4.57 Å². The summed E-state index contributed by atoms with van der Waals surface area (Å²) in [5.74, 6) is 0.656. The molecule has 3 heterocycles. The Hall–Kier alpha value is -6.00. The van der Waals surface area contributed by atoms with Crippen LogP contribution in [-0.2, 0) is 0 Å². The molecule has 44 heavy (non-hydrogen) atoms. The van der Waals surface area contributed by atoms with Gasteiger partial charge in [-0.2, -0.15) is 0 Å². The van der Waals surface area contributed by atoms with Crippen molar-refractivity contribution in [1.82, 2.24) is 19.1 Å². The summed E-state index contributed by atoms with van der Waals surface area (Å²) in [6.45, 7) is 0. The Labute approximate surface area is 254 Å². The van der Waals surface area contributed by atoms with Gasteiger partial charge in [-0.1, -0.05) is 103 Å². The zero-order valence-corrected chi connectivity index (χ0v) is 23.8. The van der Waals surface area contributed by atoms with Gasteiger partial charge in [0.05, 0.1) is 27.8 Å². The molecule has 3 aromatic heterocycles. The highest BCUT2D eigenvalue weighted by Crippen LogP contribution is 2.36. The largest absolute Gasteiger partial charge is 0.309 e. The third-order valence-electron chi connectivity index (χ3n) is 8.60. The van der Waals surface area contributed by atoms with Crippen molar-refractivity contribution < 1.29 is 0 Å². The van der Waals surface area contributed by atoms with Gasteiger partial charge in [0.2, 0.25) is 5.95 Å². The van der Waals surface area contributed by atoms with E-state index in [1.807, 2.05) is 18.3 Å². The molecule has 4 nitrogen and oxygen atoms in total. The van der Waals surface area contributed by atoms with Gasteiger partial charge in [-0.3, -0.25) is 4.57 Å². The molecule has 0 amide bonds. The molecule has 0 bridgehead atoms. The van der Waals surface area contributed by atoms with Crippen LogP contribution in [0.5, 0.6) is 0 Å². The van der Waals surface area contributed by atoms with Gasteiger partial charge in [-0.05, 0) is 59.7 Å². The molecule has 206 valence electrons. The van der Waals surface area contributed by atoms with Crippen molar-refractivity contribution in [3.63, 3.8) is 0 Å². The Morgan fingerprint density at radius 1 is 0.386 bits per heavy atom. The van der Waals surface area contributed by atoms with Crippen LogP contribution in [0.1, 0.15) is 0 Å². The van der Waals surface area contributed by atoms with Crippen LogP contribution in [0.25, 0.3) is 77.6 Å². The third-order valence-corrected chi connectivity index (χ3v) is 8.60. The molecule has 0 aliphatic rings. The van der Waals surface area contributed by atoms with Crippen LogP contribution in [-0.4, -0.2) is 19.1 Å². The minimum atomic E-state index is 0.656. The van der Waals surface area contributed by atoms with E-state index in [-0.39, 0.29) is 0 Å². The smallest absolute Gasteiger partial charge is 0.235 e. The van der Waals surface area contributed by atoms with Crippen LogP contribution >= 0.6 is 0 Å². The molecule has 4 heteroatoms. The Balaban J connectivity index is 1.23. The normalized spacial score (nSPS) is 11.6. The fourth-order valence-corrected chi connectivity index (χ4v) is 6.62. The van der Waals surface area contributed by atoms with E-state index in [1.54, 1.807) is 0 Å². The maximum atomic E-state index is 5.12. The number of hydrogen-bond donors (Lipinski definition) is 0. The van der Waals surface area contributed by atoms with E-state index in [0.717, 1.165) is 33.5 Å². The summed E-state index contributed by atoms with van der Waals surface area (Å²) >= 11 is 0. The van der Waals surface area contributed by atoms with Gasteiger partial charge in [-0.25, -0.2) is 9.97 Å². The number of rotatable bonds is 4. The zero-order chi connectivity index (χ0) is 29.0. The van der Waals surface area contributed by atoms with Gasteiger partial charge in [-0.15, -0.1) is 0 Å². The van der Waals surface area contributed by atoms with Crippen molar-refractivity contribution in [3.05, 3.63) is 158 Å². The molecule has 0 spiro atoms. The minimum absolute atomic E-state index is 0.656. The predicted octanol–water partition coefficient (Wildman–Crippen LogP) is 10.0. The van der Waals surface area contributed by atoms with E-state index in [1.165, 1.54) is 38.1 Å². The highest BCUT2D eigenvalue weighted by atomic mass is 15.2. The van der Waals surface area contributed by atoms with E-state index >= 15 is 0 Å². The molecule has 0 N–H and O–H groups in total. The fourth-order valence-electron chi connectivity index (χ4n) is 6.62. The summed E-state index contributed by atoms with van der Waals surface area (Å²) in [7, 11) is 0.